The molecular weight excluding hydrogens is 463 g/mol. The molecule has 0 spiro atoms. The van der Waals surface area contributed by atoms with Crippen molar-refractivity contribution in [3.63, 3.8) is 0 Å². The van der Waals surface area contributed by atoms with E-state index in [0.717, 1.165) is 16.5 Å². The number of nitrogens with one attached hydrogen (secondary N) is 1. The van der Waals surface area contributed by atoms with Crippen molar-refractivity contribution in [1.29, 1.82) is 0 Å². The van der Waals surface area contributed by atoms with Crippen LogP contribution in [0.1, 0.15) is 31.4 Å². The minimum absolute atomic E-state index is 0.0257. The van der Waals surface area contributed by atoms with E-state index < -0.39 is 6.04 Å². The summed E-state index contributed by atoms with van der Waals surface area (Å²) < 4.78 is 0.912. The SMILES string of the molecule is CCCNC(=O)[C@@H](C)N(Cc1cccc(Br)c1)C(=O)Cc1c(Cl)cccc1Cl. The largest absolute Gasteiger partial charge is 0.354 e. The smallest absolute Gasteiger partial charge is 0.242 e. The zero-order valence-electron chi connectivity index (χ0n) is 15.8. The van der Waals surface area contributed by atoms with Crippen LogP contribution in [0.4, 0.5) is 0 Å². The van der Waals surface area contributed by atoms with E-state index in [-0.39, 0.29) is 18.2 Å². The molecule has 0 aromatic heterocycles. The first-order valence-corrected chi connectivity index (χ1v) is 10.6. The highest BCUT2D eigenvalue weighted by molar-refractivity contribution is 9.10. The van der Waals surface area contributed by atoms with E-state index in [9.17, 15) is 9.59 Å². The van der Waals surface area contributed by atoms with Gasteiger partial charge in [0, 0.05) is 27.6 Å². The molecule has 2 amide bonds. The Balaban J connectivity index is 2.28. The molecule has 0 bridgehead atoms. The molecule has 28 heavy (non-hydrogen) atoms. The van der Waals surface area contributed by atoms with Crippen LogP contribution in [-0.2, 0) is 22.6 Å². The second kappa shape index (κ2) is 10.8. The maximum absolute atomic E-state index is 13.1. The number of carbonyl (C=O) groups is 2. The van der Waals surface area contributed by atoms with Crippen LogP contribution in [0.25, 0.3) is 0 Å². The van der Waals surface area contributed by atoms with Crippen LogP contribution in [0.2, 0.25) is 10.0 Å². The summed E-state index contributed by atoms with van der Waals surface area (Å²) >= 11 is 15.9. The van der Waals surface area contributed by atoms with Crippen molar-refractivity contribution in [3.05, 3.63) is 68.1 Å². The summed E-state index contributed by atoms with van der Waals surface area (Å²) in [5.74, 6) is -0.399. The van der Waals surface area contributed by atoms with Crippen molar-refractivity contribution in [2.24, 2.45) is 0 Å². The number of rotatable bonds is 8. The Bertz CT molecular complexity index is 825. The lowest BCUT2D eigenvalue weighted by atomic mass is 10.1. The third kappa shape index (κ3) is 6.23. The van der Waals surface area contributed by atoms with Gasteiger partial charge in [-0.15, -0.1) is 0 Å². The van der Waals surface area contributed by atoms with Gasteiger partial charge in [-0.1, -0.05) is 64.3 Å². The summed E-state index contributed by atoms with van der Waals surface area (Å²) in [6.45, 7) is 4.59. The third-order valence-corrected chi connectivity index (χ3v) is 5.55. The summed E-state index contributed by atoms with van der Waals surface area (Å²) in [6, 6.07) is 12.2. The Morgan fingerprint density at radius 1 is 1.14 bits per heavy atom. The molecule has 0 radical (unpaired) electrons. The van der Waals surface area contributed by atoms with Gasteiger partial charge >= 0.3 is 0 Å². The maximum Gasteiger partial charge on any atom is 0.242 e. The van der Waals surface area contributed by atoms with Crippen molar-refractivity contribution in [2.45, 2.75) is 39.3 Å². The molecule has 0 aliphatic heterocycles. The van der Waals surface area contributed by atoms with Gasteiger partial charge in [0.05, 0.1) is 6.42 Å². The number of benzene rings is 2. The molecule has 2 aromatic carbocycles. The average Bonchev–Trinajstić information content (AvgIpc) is 2.66. The minimum atomic E-state index is -0.626. The van der Waals surface area contributed by atoms with Crippen LogP contribution in [0.15, 0.2) is 46.9 Å². The summed E-state index contributed by atoms with van der Waals surface area (Å²) in [4.78, 5) is 27.2. The number of halogens is 3. The predicted octanol–water partition coefficient (Wildman–Crippen LogP) is 5.24. The van der Waals surface area contributed by atoms with E-state index >= 15 is 0 Å². The van der Waals surface area contributed by atoms with Gasteiger partial charge in [-0.2, -0.15) is 0 Å². The fraction of sp³-hybridized carbons (Fsp3) is 0.333. The number of hydrogen-bond donors (Lipinski definition) is 1. The lowest BCUT2D eigenvalue weighted by molar-refractivity contribution is -0.140. The van der Waals surface area contributed by atoms with E-state index in [2.05, 4.69) is 21.2 Å². The molecule has 0 aliphatic rings. The highest BCUT2D eigenvalue weighted by atomic mass is 79.9. The van der Waals surface area contributed by atoms with Crippen molar-refractivity contribution in [3.8, 4) is 0 Å². The second-order valence-electron chi connectivity index (χ2n) is 6.50. The molecule has 4 nitrogen and oxygen atoms in total. The van der Waals surface area contributed by atoms with Gasteiger partial charge in [0.25, 0.3) is 0 Å². The van der Waals surface area contributed by atoms with Gasteiger partial charge in [0.2, 0.25) is 11.8 Å². The van der Waals surface area contributed by atoms with Crippen LogP contribution >= 0.6 is 39.1 Å². The molecule has 0 saturated heterocycles. The highest BCUT2D eigenvalue weighted by Crippen LogP contribution is 2.26. The summed E-state index contributed by atoms with van der Waals surface area (Å²) in [7, 11) is 0. The van der Waals surface area contributed by atoms with Crippen molar-refractivity contribution >= 4 is 50.9 Å². The Labute approximate surface area is 184 Å². The number of amides is 2. The van der Waals surface area contributed by atoms with E-state index in [1.165, 1.54) is 0 Å². The molecule has 0 saturated carbocycles. The second-order valence-corrected chi connectivity index (χ2v) is 8.23. The molecule has 0 unspecified atom stereocenters. The molecule has 2 rings (SSSR count). The van der Waals surface area contributed by atoms with Crippen molar-refractivity contribution < 1.29 is 9.59 Å². The normalized spacial score (nSPS) is 11.8. The van der Waals surface area contributed by atoms with E-state index in [4.69, 9.17) is 23.2 Å². The molecule has 0 heterocycles. The average molecular weight is 486 g/mol. The maximum atomic E-state index is 13.1. The number of carbonyl (C=O) groups excluding carboxylic acids is 2. The quantitative estimate of drug-likeness (QED) is 0.555. The monoisotopic (exact) mass is 484 g/mol. The fourth-order valence-electron chi connectivity index (χ4n) is 2.76. The summed E-state index contributed by atoms with van der Waals surface area (Å²) in [5.41, 5.74) is 1.49. The van der Waals surface area contributed by atoms with Gasteiger partial charge in [-0.25, -0.2) is 0 Å². The topological polar surface area (TPSA) is 49.4 Å². The Kier molecular flexibility index (Phi) is 8.80. The van der Waals surface area contributed by atoms with Crippen LogP contribution in [0.3, 0.4) is 0 Å². The van der Waals surface area contributed by atoms with E-state index in [1.54, 1.807) is 30.0 Å². The van der Waals surface area contributed by atoms with Crippen LogP contribution in [0, 0.1) is 0 Å². The molecular formula is C21H23BrCl2N2O2. The zero-order valence-corrected chi connectivity index (χ0v) is 18.9. The van der Waals surface area contributed by atoms with Crippen LogP contribution in [0.5, 0.6) is 0 Å². The standard InChI is InChI=1S/C21H23BrCl2N2O2/c1-3-10-25-21(28)14(2)26(13-15-6-4-7-16(22)11-15)20(27)12-17-18(23)8-5-9-19(17)24/h4-9,11,14H,3,10,12-13H2,1-2H3,(H,25,28)/t14-/m1/s1. The third-order valence-electron chi connectivity index (χ3n) is 4.35. The van der Waals surface area contributed by atoms with Crippen molar-refractivity contribution in [1.82, 2.24) is 10.2 Å². The first kappa shape index (κ1) is 22.7. The highest BCUT2D eigenvalue weighted by Gasteiger charge is 2.27. The first-order valence-electron chi connectivity index (χ1n) is 9.08. The van der Waals surface area contributed by atoms with E-state index in [1.807, 2.05) is 31.2 Å². The molecule has 2 aromatic rings. The minimum Gasteiger partial charge on any atom is -0.354 e. The van der Waals surface area contributed by atoms with Gasteiger partial charge < -0.3 is 10.2 Å². The Morgan fingerprint density at radius 2 is 1.79 bits per heavy atom. The van der Waals surface area contributed by atoms with E-state index in [0.29, 0.717) is 28.7 Å². The molecule has 7 heteroatoms. The molecule has 0 aliphatic carbocycles. The lowest BCUT2D eigenvalue weighted by Gasteiger charge is -2.29. The fourth-order valence-corrected chi connectivity index (χ4v) is 3.74. The number of hydrogen-bond acceptors (Lipinski definition) is 2. The molecule has 1 atom stereocenters. The van der Waals surface area contributed by atoms with Gasteiger partial charge in [0.15, 0.2) is 0 Å². The predicted molar refractivity (Wildman–Crippen MR) is 118 cm³/mol. The Morgan fingerprint density at radius 3 is 2.39 bits per heavy atom. The van der Waals surface area contributed by atoms with Gasteiger partial charge in [-0.05, 0) is 48.7 Å². The molecule has 1 N–H and O–H groups in total. The summed E-state index contributed by atoms with van der Waals surface area (Å²) in [6.07, 6.45) is 0.852. The van der Waals surface area contributed by atoms with Crippen LogP contribution in [-0.4, -0.2) is 29.3 Å². The van der Waals surface area contributed by atoms with Gasteiger partial charge in [0.1, 0.15) is 6.04 Å². The first-order chi connectivity index (χ1) is 13.3. The summed E-state index contributed by atoms with van der Waals surface area (Å²) in [5, 5.41) is 3.73. The zero-order chi connectivity index (χ0) is 20.7. The molecule has 150 valence electrons. The number of nitrogens with zero attached hydrogens (tertiary/aromatic N) is 1. The van der Waals surface area contributed by atoms with Crippen LogP contribution < -0.4 is 5.32 Å². The molecule has 0 fully saturated rings. The lowest BCUT2D eigenvalue weighted by Crippen LogP contribution is -2.48. The van der Waals surface area contributed by atoms with Gasteiger partial charge in [-0.3, -0.25) is 9.59 Å². The Hall–Kier alpha value is -1.56. The van der Waals surface area contributed by atoms with Crippen molar-refractivity contribution in [2.75, 3.05) is 6.54 Å².